The molecule has 1 aliphatic heterocycles. The Labute approximate surface area is 138 Å². The molecule has 0 aliphatic carbocycles. The van der Waals surface area contributed by atoms with Crippen LogP contribution >= 0.6 is 0 Å². The van der Waals surface area contributed by atoms with Crippen LogP contribution in [0.1, 0.15) is 22.5 Å². The molecule has 3 heterocycles. The Kier molecular flexibility index (Phi) is 4.66. The molecule has 1 N–H and O–H groups in total. The van der Waals surface area contributed by atoms with Gasteiger partial charge in [0.25, 0.3) is 11.5 Å². The minimum atomic E-state index is -0.599. The van der Waals surface area contributed by atoms with Gasteiger partial charge in [-0.3, -0.25) is 14.2 Å². The zero-order valence-electron chi connectivity index (χ0n) is 13.5. The van der Waals surface area contributed by atoms with E-state index in [0.717, 1.165) is 24.1 Å². The second kappa shape index (κ2) is 6.88. The Morgan fingerprint density at radius 1 is 1.25 bits per heavy atom. The molecule has 0 bridgehead atoms. The summed E-state index contributed by atoms with van der Waals surface area (Å²) >= 11 is 0. The van der Waals surface area contributed by atoms with E-state index in [2.05, 4.69) is 9.88 Å². The number of likely N-dealkylation sites (N-methyl/N-ethyl adjacent to an activating group) is 1. The topological polar surface area (TPSA) is 91.6 Å². The number of rotatable bonds is 3. The second-order valence-corrected chi connectivity index (χ2v) is 5.93. The zero-order valence-corrected chi connectivity index (χ0v) is 13.5. The quantitative estimate of drug-likeness (QED) is 0.851. The first-order valence-corrected chi connectivity index (χ1v) is 7.89. The molecular weight excluding hydrogens is 312 g/mol. The molecule has 0 atom stereocenters. The summed E-state index contributed by atoms with van der Waals surface area (Å²) in [6.07, 6.45) is 3.53. The van der Waals surface area contributed by atoms with Crippen LogP contribution in [0.15, 0.2) is 38.6 Å². The van der Waals surface area contributed by atoms with Crippen molar-refractivity contribution in [1.82, 2.24) is 19.4 Å². The van der Waals surface area contributed by atoms with Gasteiger partial charge in [-0.15, -0.1) is 0 Å². The van der Waals surface area contributed by atoms with E-state index in [1.165, 1.54) is 12.5 Å². The Bertz CT molecular complexity index is 821. The summed E-state index contributed by atoms with van der Waals surface area (Å²) in [5.41, 5.74) is -1.19. The highest BCUT2D eigenvalue weighted by Crippen LogP contribution is 2.06. The number of hydrogen-bond acceptors (Lipinski definition) is 5. The highest BCUT2D eigenvalue weighted by molar-refractivity contribution is 5.93. The molecule has 2 aromatic rings. The molecule has 1 aliphatic rings. The number of furan rings is 1. The van der Waals surface area contributed by atoms with Crippen molar-refractivity contribution in [3.05, 3.63) is 56.8 Å². The fraction of sp³-hybridized carbons (Fsp3) is 0.438. The van der Waals surface area contributed by atoms with Crippen molar-refractivity contribution in [3.63, 3.8) is 0 Å². The lowest BCUT2D eigenvalue weighted by atomic mass is 10.2. The molecule has 1 fully saturated rings. The van der Waals surface area contributed by atoms with E-state index in [9.17, 15) is 14.4 Å². The van der Waals surface area contributed by atoms with Crippen LogP contribution in [0.5, 0.6) is 0 Å². The van der Waals surface area contributed by atoms with Crippen LogP contribution in [0.2, 0.25) is 0 Å². The molecule has 0 unspecified atom stereocenters. The second-order valence-electron chi connectivity index (χ2n) is 5.93. The van der Waals surface area contributed by atoms with E-state index < -0.39 is 11.2 Å². The Hall–Kier alpha value is -2.61. The minimum Gasteiger partial charge on any atom is -0.467 e. The SMILES string of the molecule is CN1CCCN(C(=O)c2c[nH]c(=O)n(Cc3ccco3)c2=O)CC1. The maximum atomic E-state index is 12.7. The van der Waals surface area contributed by atoms with E-state index in [4.69, 9.17) is 4.42 Å². The van der Waals surface area contributed by atoms with Crippen molar-refractivity contribution < 1.29 is 9.21 Å². The fourth-order valence-corrected chi connectivity index (χ4v) is 2.79. The highest BCUT2D eigenvalue weighted by Gasteiger charge is 2.23. The molecule has 2 aromatic heterocycles. The van der Waals surface area contributed by atoms with E-state index in [1.54, 1.807) is 17.0 Å². The number of nitrogens with one attached hydrogen (secondary N) is 1. The van der Waals surface area contributed by atoms with Crippen molar-refractivity contribution in [3.8, 4) is 0 Å². The van der Waals surface area contributed by atoms with Gasteiger partial charge in [0, 0.05) is 25.8 Å². The summed E-state index contributed by atoms with van der Waals surface area (Å²) in [5.74, 6) is 0.128. The van der Waals surface area contributed by atoms with Gasteiger partial charge in [0.15, 0.2) is 0 Å². The fourth-order valence-electron chi connectivity index (χ4n) is 2.79. The molecule has 0 saturated carbocycles. The molecule has 8 heteroatoms. The van der Waals surface area contributed by atoms with Gasteiger partial charge in [0.1, 0.15) is 11.3 Å². The number of aromatic amines is 1. The van der Waals surface area contributed by atoms with Gasteiger partial charge < -0.3 is 19.2 Å². The van der Waals surface area contributed by atoms with Crippen molar-refractivity contribution in [1.29, 1.82) is 0 Å². The number of hydrogen-bond donors (Lipinski definition) is 1. The van der Waals surface area contributed by atoms with Crippen LogP contribution in [-0.4, -0.2) is 58.5 Å². The molecule has 0 spiro atoms. The summed E-state index contributed by atoms with van der Waals surface area (Å²) in [6.45, 7) is 2.82. The molecule has 0 aromatic carbocycles. The maximum absolute atomic E-state index is 12.7. The van der Waals surface area contributed by atoms with Crippen LogP contribution in [0.4, 0.5) is 0 Å². The van der Waals surface area contributed by atoms with Gasteiger partial charge in [-0.25, -0.2) is 4.79 Å². The number of nitrogens with zero attached hydrogens (tertiary/aromatic N) is 3. The molecule has 1 saturated heterocycles. The standard InChI is InChI=1S/C16H20N4O4/c1-18-5-3-6-19(8-7-18)14(21)13-10-17-16(23)20(15(13)22)11-12-4-2-9-24-12/h2,4,9-10H,3,5-8,11H2,1H3,(H,17,23). The monoisotopic (exact) mass is 332 g/mol. The van der Waals surface area contributed by atoms with Gasteiger partial charge in [0.05, 0.1) is 12.8 Å². The third-order valence-corrected chi connectivity index (χ3v) is 4.19. The normalized spacial score (nSPS) is 16.1. The molecule has 24 heavy (non-hydrogen) atoms. The summed E-state index contributed by atoms with van der Waals surface area (Å²) in [5, 5.41) is 0. The predicted molar refractivity (Wildman–Crippen MR) is 87.2 cm³/mol. The molecule has 3 rings (SSSR count). The maximum Gasteiger partial charge on any atom is 0.328 e. The third-order valence-electron chi connectivity index (χ3n) is 4.19. The number of amides is 1. The average Bonchev–Trinajstić information content (AvgIpc) is 2.98. The van der Waals surface area contributed by atoms with E-state index >= 15 is 0 Å². The molecule has 1 amide bonds. The van der Waals surface area contributed by atoms with Crippen LogP contribution in [0, 0.1) is 0 Å². The van der Waals surface area contributed by atoms with Gasteiger partial charge >= 0.3 is 5.69 Å². The van der Waals surface area contributed by atoms with Crippen LogP contribution in [0.25, 0.3) is 0 Å². The van der Waals surface area contributed by atoms with Gasteiger partial charge in [0.2, 0.25) is 0 Å². The lowest BCUT2D eigenvalue weighted by molar-refractivity contribution is 0.0759. The van der Waals surface area contributed by atoms with Gasteiger partial charge in [-0.1, -0.05) is 0 Å². The number of carbonyl (C=O) groups is 1. The van der Waals surface area contributed by atoms with Crippen molar-refractivity contribution in [2.24, 2.45) is 0 Å². The summed E-state index contributed by atoms with van der Waals surface area (Å²) < 4.78 is 6.16. The molecular formula is C16H20N4O4. The van der Waals surface area contributed by atoms with E-state index in [0.29, 0.717) is 18.8 Å². The number of carbonyl (C=O) groups excluding carboxylic acids is 1. The Morgan fingerprint density at radius 2 is 2.08 bits per heavy atom. The van der Waals surface area contributed by atoms with Crippen LogP contribution in [-0.2, 0) is 6.54 Å². The summed E-state index contributed by atoms with van der Waals surface area (Å²) in [6, 6.07) is 3.35. The predicted octanol–water partition coefficient (Wildman–Crippen LogP) is -0.0444. The van der Waals surface area contributed by atoms with E-state index in [-0.39, 0.29) is 18.0 Å². The van der Waals surface area contributed by atoms with E-state index in [1.807, 2.05) is 7.05 Å². The minimum absolute atomic E-state index is 0.00890. The van der Waals surface area contributed by atoms with Crippen molar-refractivity contribution in [2.75, 3.05) is 33.2 Å². The van der Waals surface area contributed by atoms with Crippen molar-refractivity contribution in [2.45, 2.75) is 13.0 Å². The molecule has 8 nitrogen and oxygen atoms in total. The first kappa shape index (κ1) is 16.3. The number of H-pyrrole nitrogens is 1. The smallest absolute Gasteiger partial charge is 0.328 e. The van der Waals surface area contributed by atoms with Gasteiger partial charge in [-0.05, 0) is 32.1 Å². The zero-order chi connectivity index (χ0) is 17.1. The Balaban J connectivity index is 1.89. The summed E-state index contributed by atoms with van der Waals surface area (Å²) in [7, 11) is 2.00. The molecule has 0 radical (unpaired) electrons. The first-order valence-electron chi connectivity index (χ1n) is 7.89. The van der Waals surface area contributed by atoms with Gasteiger partial charge in [-0.2, -0.15) is 0 Å². The van der Waals surface area contributed by atoms with Crippen LogP contribution < -0.4 is 11.2 Å². The average molecular weight is 332 g/mol. The lowest BCUT2D eigenvalue weighted by Gasteiger charge is -2.20. The lowest BCUT2D eigenvalue weighted by Crippen LogP contribution is -2.43. The first-order chi connectivity index (χ1) is 11.6. The number of aromatic nitrogens is 2. The summed E-state index contributed by atoms with van der Waals surface area (Å²) in [4.78, 5) is 43.5. The Morgan fingerprint density at radius 3 is 2.83 bits per heavy atom. The third kappa shape index (κ3) is 3.33. The molecule has 128 valence electrons. The van der Waals surface area contributed by atoms with Crippen LogP contribution in [0.3, 0.4) is 0 Å². The van der Waals surface area contributed by atoms with Crippen molar-refractivity contribution >= 4 is 5.91 Å². The largest absolute Gasteiger partial charge is 0.467 e. The highest BCUT2D eigenvalue weighted by atomic mass is 16.3.